The number of hydrogen-bond acceptors (Lipinski definition) is 6. The number of guanidine groups is 1. The highest BCUT2D eigenvalue weighted by Gasteiger charge is 2.19. The number of nitrogens with zero attached hydrogens (tertiary/aromatic N) is 2. The summed E-state index contributed by atoms with van der Waals surface area (Å²) in [6, 6.07) is 7.15. The van der Waals surface area contributed by atoms with Crippen LogP contribution in [0.25, 0.3) is 0 Å². The Morgan fingerprint density at radius 3 is 2.79 bits per heavy atom. The summed E-state index contributed by atoms with van der Waals surface area (Å²) in [6.07, 6.45) is 2.46. The van der Waals surface area contributed by atoms with Gasteiger partial charge in [0.1, 0.15) is 16.6 Å². The summed E-state index contributed by atoms with van der Waals surface area (Å²) in [4.78, 5) is 5.41. The van der Waals surface area contributed by atoms with Crippen LogP contribution < -0.4 is 10.6 Å². The molecule has 0 aliphatic heterocycles. The van der Waals surface area contributed by atoms with Crippen molar-refractivity contribution in [3.8, 4) is 0 Å². The van der Waals surface area contributed by atoms with Crippen LogP contribution >= 0.6 is 11.3 Å². The molecule has 2 heterocycles. The Hall–Kier alpha value is -1.88. The normalized spacial score (nSPS) is 12.5. The Bertz CT molecular complexity index is 830. The fraction of sp³-hybridized carbons (Fsp3) is 0.500. The SMILES string of the molecule is CCNC(=NCc1ccc(S(=O)(=O)N(C)C)s1)NCCCOCc1ccco1. The highest BCUT2D eigenvalue weighted by Crippen LogP contribution is 2.24. The summed E-state index contributed by atoms with van der Waals surface area (Å²) in [6.45, 7) is 4.95. The van der Waals surface area contributed by atoms with Gasteiger partial charge in [-0.15, -0.1) is 11.3 Å². The second-order valence-corrected chi connectivity index (χ2v) is 9.66. The molecule has 0 saturated carbocycles. The predicted octanol–water partition coefficient (Wildman–Crippen LogP) is 2.25. The summed E-state index contributed by atoms with van der Waals surface area (Å²) < 4.78 is 36.6. The van der Waals surface area contributed by atoms with E-state index in [2.05, 4.69) is 15.6 Å². The van der Waals surface area contributed by atoms with Crippen LogP contribution in [-0.2, 0) is 27.9 Å². The molecule has 10 heteroatoms. The van der Waals surface area contributed by atoms with E-state index in [1.165, 1.54) is 29.7 Å². The molecule has 0 atom stereocenters. The predicted molar refractivity (Wildman–Crippen MR) is 111 cm³/mol. The molecule has 0 radical (unpaired) electrons. The van der Waals surface area contributed by atoms with Crippen molar-refractivity contribution >= 4 is 27.3 Å². The van der Waals surface area contributed by atoms with Crippen molar-refractivity contribution in [1.82, 2.24) is 14.9 Å². The molecule has 2 N–H and O–H groups in total. The smallest absolute Gasteiger partial charge is 0.252 e. The van der Waals surface area contributed by atoms with Gasteiger partial charge < -0.3 is 19.8 Å². The average Bonchev–Trinajstić information content (AvgIpc) is 3.34. The molecule has 2 rings (SSSR count). The molecule has 0 aliphatic carbocycles. The van der Waals surface area contributed by atoms with Gasteiger partial charge in [-0.2, -0.15) is 0 Å². The molecule has 2 aromatic rings. The number of thiophene rings is 1. The minimum absolute atomic E-state index is 0.328. The van der Waals surface area contributed by atoms with Crippen molar-refractivity contribution in [2.45, 2.75) is 30.7 Å². The van der Waals surface area contributed by atoms with Crippen LogP contribution in [0.3, 0.4) is 0 Å². The zero-order valence-corrected chi connectivity index (χ0v) is 18.1. The lowest BCUT2D eigenvalue weighted by molar-refractivity contribution is 0.105. The molecule has 0 amide bonds. The molecule has 0 saturated heterocycles. The zero-order valence-electron chi connectivity index (χ0n) is 16.5. The van der Waals surface area contributed by atoms with Gasteiger partial charge >= 0.3 is 0 Å². The molecule has 0 bridgehead atoms. The lowest BCUT2D eigenvalue weighted by Crippen LogP contribution is -2.38. The number of sulfonamides is 1. The van der Waals surface area contributed by atoms with Crippen molar-refractivity contribution in [1.29, 1.82) is 0 Å². The molecule has 8 nitrogen and oxygen atoms in total. The van der Waals surface area contributed by atoms with Gasteiger partial charge in [-0.25, -0.2) is 17.7 Å². The topological polar surface area (TPSA) is 96.2 Å². The third-order valence-corrected chi connectivity index (χ3v) is 7.04. The Labute approximate surface area is 170 Å². The molecular formula is C18H28N4O4S2. The van der Waals surface area contributed by atoms with Crippen LogP contribution in [0.4, 0.5) is 0 Å². The van der Waals surface area contributed by atoms with E-state index in [-0.39, 0.29) is 0 Å². The first kappa shape index (κ1) is 22.4. The Morgan fingerprint density at radius 2 is 2.11 bits per heavy atom. The van der Waals surface area contributed by atoms with E-state index in [4.69, 9.17) is 9.15 Å². The number of nitrogens with one attached hydrogen (secondary N) is 2. The highest BCUT2D eigenvalue weighted by atomic mass is 32.2. The van der Waals surface area contributed by atoms with Crippen molar-refractivity contribution in [2.24, 2.45) is 4.99 Å². The van der Waals surface area contributed by atoms with E-state index in [0.717, 1.165) is 23.6 Å². The van der Waals surface area contributed by atoms with Crippen LogP contribution in [0.2, 0.25) is 0 Å². The van der Waals surface area contributed by atoms with E-state index >= 15 is 0 Å². The molecule has 156 valence electrons. The summed E-state index contributed by atoms with van der Waals surface area (Å²) in [5, 5.41) is 6.44. The number of rotatable bonds is 11. The van der Waals surface area contributed by atoms with E-state index in [0.29, 0.717) is 36.5 Å². The fourth-order valence-electron chi connectivity index (χ4n) is 2.21. The van der Waals surface area contributed by atoms with Gasteiger partial charge in [0.05, 0.1) is 12.8 Å². The maximum Gasteiger partial charge on any atom is 0.252 e. The van der Waals surface area contributed by atoms with Gasteiger partial charge in [0.15, 0.2) is 5.96 Å². The number of furan rings is 1. The number of hydrogen-bond donors (Lipinski definition) is 2. The molecule has 2 aromatic heterocycles. The lowest BCUT2D eigenvalue weighted by atomic mass is 10.4. The average molecular weight is 429 g/mol. The van der Waals surface area contributed by atoms with Gasteiger partial charge in [-0.1, -0.05) is 0 Å². The molecule has 0 aliphatic rings. The second kappa shape index (κ2) is 11.2. The van der Waals surface area contributed by atoms with E-state index in [9.17, 15) is 8.42 Å². The van der Waals surface area contributed by atoms with E-state index < -0.39 is 10.0 Å². The third kappa shape index (κ3) is 6.93. The van der Waals surface area contributed by atoms with Gasteiger partial charge in [0.25, 0.3) is 10.0 Å². The van der Waals surface area contributed by atoms with E-state index in [1.54, 1.807) is 18.4 Å². The second-order valence-electron chi connectivity index (χ2n) is 6.12. The third-order valence-electron chi connectivity index (χ3n) is 3.69. The molecule has 0 aromatic carbocycles. The van der Waals surface area contributed by atoms with E-state index in [1.807, 2.05) is 19.1 Å². The summed E-state index contributed by atoms with van der Waals surface area (Å²) in [5.74, 6) is 1.51. The summed E-state index contributed by atoms with van der Waals surface area (Å²) in [7, 11) is -0.340. The quantitative estimate of drug-likeness (QED) is 0.324. The van der Waals surface area contributed by atoms with Crippen molar-refractivity contribution in [3.05, 3.63) is 41.2 Å². The molecule has 28 heavy (non-hydrogen) atoms. The summed E-state index contributed by atoms with van der Waals surface area (Å²) >= 11 is 1.24. The highest BCUT2D eigenvalue weighted by molar-refractivity contribution is 7.91. The van der Waals surface area contributed by atoms with Crippen molar-refractivity contribution in [3.63, 3.8) is 0 Å². The molecule has 0 fully saturated rings. The number of aliphatic imine (C=N–C) groups is 1. The van der Waals surface area contributed by atoms with Crippen LogP contribution in [0.15, 0.2) is 44.1 Å². The monoisotopic (exact) mass is 428 g/mol. The first-order valence-corrected chi connectivity index (χ1v) is 11.3. The van der Waals surface area contributed by atoms with Gasteiger partial charge in [-0.05, 0) is 37.6 Å². The van der Waals surface area contributed by atoms with Crippen LogP contribution in [0.5, 0.6) is 0 Å². The number of ether oxygens (including phenoxy) is 1. The largest absolute Gasteiger partial charge is 0.467 e. The summed E-state index contributed by atoms with van der Waals surface area (Å²) in [5.41, 5.74) is 0. The maximum absolute atomic E-state index is 12.1. The van der Waals surface area contributed by atoms with Crippen molar-refractivity contribution < 1.29 is 17.6 Å². The van der Waals surface area contributed by atoms with Gasteiger partial charge in [0, 0.05) is 38.7 Å². The zero-order chi connectivity index (χ0) is 20.4. The van der Waals surface area contributed by atoms with Crippen LogP contribution in [0, 0.1) is 0 Å². The molecule has 0 unspecified atom stereocenters. The van der Waals surface area contributed by atoms with Crippen LogP contribution in [-0.4, -0.2) is 52.5 Å². The Balaban J connectivity index is 1.77. The molecular weight excluding hydrogens is 400 g/mol. The minimum Gasteiger partial charge on any atom is -0.467 e. The van der Waals surface area contributed by atoms with Gasteiger partial charge in [-0.3, -0.25) is 0 Å². The lowest BCUT2D eigenvalue weighted by Gasteiger charge is -2.11. The van der Waals surface area contributed by atoms with Crippen molar-refractivity contribution in [2.75, 3.05) is 33.8 Å². The Morgan fingerprint density at radius 1 is 1.29 bits per heavy atom. The minimum atomic E-state index is -3.39. The maximum atomic E-state index is 12.1. The first-order chi connectivity index (χ1) is 13.4. The molecule has 0 spiro atoms. The first-order valence-electron chi connectivity index (χ1n) is 9.07. The Kier molecular flexibility index (Phi) is 8.97. The standard InChI is InChI=1S/C18H28N4O4S2/c1-4-19-18(20-10-6-11-25-14-15-7-5-12-26-15)21-13-16-8-9-17(27-16)28(23,24)22(2)3/h5,7-9,12H,4,6,10-11,13-14H2,1-3H3,(H2,19,20,21). The van der Waals surface area contributed by atoms with Crippen LogP contribution in [0.1, 0.15) is 24.0 Å². The fourth-order valence-corrected chi connectivity index (χ4v) is 4.66. The van der Waals surface area contributed by atoms with Gasteiger partial charge in [0.2, 0.25) is 0 Å².